The maximum Gasteiger partial charge on any atom is 0.0285 e. The van der Waals surface area contributed by atoms with Crippen molar-refractivity contribution in [3.63, 3.8) is 0 Å². The summed E-state index contributed by atoms with van der Waals surface area (Å²) in [6.07, 6.45) is 5.60. The third kappa shape index (κ3) is 1.78. The fourth-order valence-electron chi connectivity index (χ4n) is 5.63. The minimum Gasteiger partial charge on any atom is -0.271 e. The number of nitrogens with two attached hydrogens (primary N) is 1. The lowest BCUT2D eigenvalue weighted by Crippen LogP contribution is -2.40. The number of benzene rings is 1. The van der Waals surface area contributed by atoms with Gasteiger partial charge >= 0.3 is 0 Å². The van der Waals surface area contributed by atoms with Crippen LogP contribution in [0.2, 0.25) is 0 Å². The lowest BCUT2D eigenvalue weighted by atomic mass is 9.90. The van der Waals surface area contributed by atoms with Crippen molar-refractivity contribution in [3.8, 4) is 0 Å². The normalized spacial score (nSPS) is 38.9. The van der Waals surface area contributed by atoms with E-state index in [1.807, 2.05) is 0 Å². The molecule has 0 aromatic heterocycles. The first-order chi connectivity index (χ1) is 9.70. The second-order valence-electron chi connectivity index (χ2n) is 7.41. The van der Waals surface area contributed by atoms with Crippen LogP contribution in [-0.2, 0) is 6.42 Å². The first-order valence-electron chi connectivity index (χ1n) is 8.22. The Kier molecular flexibility index (Phi) is 2.94. The van der Waals surface area contributed by atoms with Crippen LogP contribution in [0, 0.1) is 43.4 Å². The van der Waals surface area contributed by atoms with Crippen molar-refractivity contribution in [2.45, 2.75) is 45.6 Å². The molecule has 2 heteroatoms. The number of hydrogen-bond acceptors (Lipinski definition) is 2. The quantitative estimate of drug-likeness (QED) is 0.652. The molecule has 5 unspecified atom stereocenters. The summed E-state index contributed by atoms with van der Waals surface area (Å²) in [5.74, 6) is 10.8. The highest BCUT2D eigenvalue weighted by atomic mass is 15.2. The van der Waals surface area contributed by atoms with E-state index in [2.05, 4.69) is 37.5 Å². The topological polar surface area (TPSA) is 38.0 Å². The molecule has 0 heterocycles. The lowest BCUT2D eigenvalue weighted by Gasteiger charge is -2.21. The highest BCUT2D eigenvalue weighted by Crippen LogP contribution is 2.70. The van der Waals surface area contributed by atoms with E-state index in [4.69, 9.17) is 5.84 Å². The van der Waals surface area contributed by atoms with E-state index >= 15 is 0 Å². The van der Waals surface area contributed by atoms with Crippen molar-refractivity contribution in [2.24, 2.45) is 35.4 Å². The largest absolute Gasteiger partial charge is 0.271 e. The molecule has 2 bridgehead atoms. The van der Waals surface area contributed by atoms with Gasteiger partial charge in [0.2, 0.25) is 0 Å². The molecule has 4 rings (SSSR count). The van der Waals surface area contributed by atoms with Crippen LogP contribution in [0.25, 0.3) is 0 Å². The third-order valence-corrected chi connectivity index (χ3v) is 6.54. The maximum absolute atomic E-state index is 5.93. The molecule has 0 spiro atoms. The van der Waals surface area contributed by atoms with Crippen molar-refractivity contribution in [1.82, 2.24) is 5.43 Å². The lowest BCUT2D eigenvalue weighted by molar-refractivity contribution is 0.364. The summed E-state index contributed by atoms with van der Waals surface area (Å²) in [6.45, 7) is 4.46. The second kappa shape index (κ2) is 4.57. The Bertz CT molecular complexity index is 488. The third-order valence-electron chi connectivity index (χ3n) is 6.54. The summed E-state index contributed by atoms with van der Waals surface area (Å²) in [6, 6.07) is 7.10. The molecule has 3 N–H and O–H groups in total. The molecule has 0 amide bonds. The molecule has 108 valence electrons. The Hall–Kier alpha value is -0.860. The Labute approximate surface area is 122 Å². The van der Waals surface area contributed by atoms with Gasteiger partial charge in [0.15, 0.2) is 0 Å². The summed E-state index contributed by atoms with van der Waals surface area (Å²) in [5, 5.41) is 0. The molecule has 2 nitrogen and oxygen atoms in total. The predicted molar refractivity (Wildman–Crippen MR) is 82.0 cm³/mol. The Morgan fingerprint density at radius 1 is 1.15 bits per heavy atom. The standard InChI is InChI=1S/C18H26N2/c1-10-4-3-5-11(2)14(10)9-15(20-19)18-16-12-6-7-13(8-12)17(16)18/h3-5,12-13,15-18,20H,6-9,19H2,1-2H3. The van der Waals surface area contributed by atoms with E-state index in [1.54, 1.807) is 0 Å². The van der Waals surface area contributed by atoms with Gasteiger partial charge in [0.1, 0.15) is 0 Å². The van der Waals surface area contributed by atoms with Crippen LogP contribution in [0.1, 0.15) is 36.0 Å². The molecular formula is C18H26N2. The predicted octanol–water partition coefficient (Wildman–Crippen LogP) is 2.97. The van der Waals surface area contributed by atoms with E-state index in [9.17, 15) is 0 Å². The Balaban J connectivity index is 1.53. The van der Waals surface area contributed by atoms with Crippen LogP contribution in [0.3, 0.4) is 0 Å². The van der Waals surface area contributed by atoms with Gasteiger partial charge in [-0.15, -0.1) is 0 Å². The first-order valence-corrected chi connectivity index (χ1v) is 8.22. The van der Waals surface area contributed by atoms with Gasteiger partial charge in [0.05, 0.1) is 0 Å². The van der Waals surface area contributed by atoms with Crippen LogP contribution >= 0.6 is 0 Å². The molecule has 0 aliphatic heterocycles. The zero-order valence-electron chi connectivity index (χ0n) is 12.6. The average Bonchev–Trinajstić information content (AvgIpc) is 2.87. The Morgan fingerprint density at radius 2 is 1.75 bits per heavy atom. The molecule has 3 aliphatic rings. The molecule has 5 atom stereocenters. The number of nitrogens with one attached hydrogen (secondary N) is 1. The van der Waals surface area contributed by atoms with Gasteiger partial charge < -0.3 is 0 Å². The van der Waals surface area contributed by atoms with Gasteiger partial charge in [-0.1, -0.05) is 18.2 Å². The van der Waals surface area contributed by atoms with Gasteiger partial charge in [0, 0.05) is 6.04 Å². The van der Waals surface area contributed by atoms with E-state index in [0.29, 0.717) is 6.04 Å². The molecule has 1 aromatic rings. The summed E-state index contributed by atoms with van der Waals surface area (Å²) < 4.78 is 0. The van der Waals surface area contributed by atoms with Crippen LogP contribution in [-0.4, -0.2) is 6.04 Å². The van der Waals surface area contributed by atoms with E-state index in [1.165, 1.54) is 36.0 Å². The van der Waals surface area contributed by atoms with Gasteiger partial charge in [-0.3, -0.25) is 11.3 Å². The second-order valence-corrected chi connectivity index (χ2v) is 7.41. The van der Waals surface area contributed by atoms with Crippen molar-refractivity contribution < 1.29 is 0 Å². The van der Waals surface area contributed by atoms with E-state index in [-0.39, 0.29) is 0 Å². The summed E-state index contributed by atoms with van der Waals surface area (Å²) in [5.41, 5.74) is 7.50. The number of rotatable bonds is 4. The van der Waals surface area contributed by atoms with E-state index < -0.39 is 0 Å². The molecule has 3 aliphatic carbocycles. The highest BCUT2D eigenvalue weighted by molar-refractivity contribution is 5.35. The van der Waals surface area contributed by atoms with Crippen LogP contribution in [0.5, 0.6) is 0 Å². The molecular weight excluding hydrogens is 244 g/mol. The minimum absolute atomic E-state index is 0.480. The van der Waals surface area contributed by atoms with Gasteiger partial charge in [-0.2, -0.15) is 0 Å². The number of fused-ring (bicyclic) bond motifs is 5. The number of hydrogen-bond donors (Lipinski definition) is 2. The number of aryl methyl sites for hydroxylation is 2. The molecule has 3 fully saturated rings. The van der Waals surface area contributed by atoms with Gasteiger partial charge in [0.25, 0.3) is 0 Å². The smallest absolute Gasteiger partial charge is 0.0285 e. The average molecular weight is 270 g/mol. The summed E-state index contributed by atoms with van der Waals surface area (Å²) in [4.78, 5) is 0. The van der Waals surface area contributed by atoms with Crippen LogP contribution in [0.4, 0.5) is 0 Å². The van der Waals surface area contributed by atoms with Crippen molar-refractivity contribution in [3.05, 3.63) is 34.9 Å². The fraction of sp³-hybridized carbons (Fsp3) is 0.667. The van der Waals surface area contributed by atoms with Gasteiger partial charge in [-0.05, 0) is 85.8 Å². The number of hydrazine groups is 1. The van der Waals surface area contributed by atoms with Crippen LogP contribution < -0.4 is 11.3 Å². The summed E-state index contributed by atoms with van der Waals surface area (Å²) >= 11 is 0. The molecule has 0 saturated heterocycles. The van der Waals surface area contributed by atoms with Crippen LogP contribution in [0.15, 0.2) is 18.2 Å². The molecule has 3 saturated carbocycles. The molecule has 1 aromatic carbocycles. The summed E-state index contributed by atoms with van der Waals surface area (Å²) in [7, 11) is 0. The van der Waals surface area contributed by atoms with Gasteiger partial charge in [-0.25, -0.2) is 0 Å². The minimum atomic E-state index is 0.480. The highest BCUT2D eigenvalue weighted by Gasteiger charge is 2.66. The fourth-order valence-corrected chi connectivity index (χ4v) is 5.63. The Morgan fingerprint density at radius 3 is 2.30 bits per heavy atom. The van der Waals surface area contributed by atoms with Crippen molar-refractivity contribution in [2.75, 3.05) is 0 Å². The zero-order valence-corrected chi connectivity index (χ0v) is 12.6. The molecule has 20 heavy (non-hydrogen) atoms. The monoisotopic (exact) mass is 270 g/mol. The van der Waals surface area contributed by atoms with Crippen molar-refractivity contribution >= 4 is 0 Å². The maximum atomic E-state index is 5.93. The first kappa shape index (κ1) is 12.8. The molecule has 0 radical (unpaired) electrons. The SMILES string of the molecule is Cc1cccc(C)c1CC(NN)C1C2C3CCC(C3)C21. The van der Waals surface area contributed by atoms with E-state index in [0.717, 1.165) is 36.0 Å². The van der Waals surface area contributed by atoms with Crippen molar-refractivity contribution in [1.29, 1.82) is 0 Å². The zero-order chi connectivity index (χ0) is 13.9.